The lowest BCUT2D eigenvalue weighted by atomic mass is 10.1. The van der Waals surface area contributed by atoms with E-state index in [4.69, 9.17) is 16.3 Å². The summed E-state index contributed by atoms with van der Waals surface area (Å²) in [5.74, 6) is 0.296. The number of aryl methyl sites for hydroxylation is 1. The average molecular weight is 445 g/mol. The van der Waals surface area contributed by atoms with Gasteiger partial charge in [0.25, 0.3) is 5.91 Å². The number of ether oxygens (including phenoxy) is 1. The van der Waals surface area contributed by atoms with Crippen LogP contribution in [0.1, 0.15) is 50.3 Å². The number of carbonyl (C=O) groups is 2. The SMILES string of the molecule is CC[C@@H](C)NC(=O)[C@@H](CC)N(Cc1ccc(Cl)cc1)C(=O)COc1cccc(C)c1C. The van der Waals surface area contributed by atoms with Crippen LogP contribution in [0.3, 0.4) is 0 Å². The van der Waals surface area contributed by atoms with E-state index in [0.717, 1.165) is 23.1 Å². The number of carbonyl (C=O) groups excluding carboxylic acids is 2. The van der Waals surface area contributed by atoms with Crippen LogP contribution in [0, 0.1) is 13.8 Å². The van der Waals surface area contributed by atoms with E-state index in [2.05, 4.69) is 5.32 Å². The third-order valence-corrected chi connectivity index (χ3v) is 5.81. The topological polar surface area (TPSA) is 58.6 Å². The summed E-state index contributed by atoms with van der Waals surface area (Å²) in [5.41, 5.74) is 3.00. The number of halogens is 1. The molecule has 31 heavy (non-hydrogen) atoms. The molecule has 0 aliphatic heterocycles. The molecule has 0 fully saturated rings. The van der Waals surface area contributed by atoms with Crippen LogP contribution in [0.4, 0.5) is 0 Å². The fraction of sp³-hybridized carbons (Fsp3) is 0.440. The number of hydrogen-bond acceptors (Lipinski definition) is 3. The van der Waals surface area contributed by atoms with Gasteiger partial charge >= 0.3 is 0 Å². The first kappa shape index (κ1) is 24.7. The summed E-state index contributed by atoms with van der Waals surface area (Å²) in [6, 6.07) is 12.5. The van der Waals surface area contributed by atoms with E-state index in [1.165, 1.54) is 0 Å². The minimum Gasteiger partial charge on any atom is -0.483 e. The van der Waals surface area contributed by atoms with Crippen LogP contribution in [0.2, 0.25) is 5.02 Å². The molecule has 2 amide bonds. The maximum Gasteiger partial charge on any atom is 0.261 e. The van der Waals surface area contributed by atoms with E-state index < -0.39 is 6.04 Å². The first-order valence-electron chi connectivity index (χ1n) is 10.8. The number of rotatable bonds is 10. The van der Waals surface area contributed by atoms with Crippen molar-refractivity contribution in [2.24, 2.45) is 0 Å². The highest BCUT2D eigenvalue weighted by molar-refractivity contribution is 6.30. The van der Waals surface area contributed by atoms with Gasteiger partial charge in [0.1, 0.15) is 11.8 Å². The highest BCUT2D eigenvalue weighted by Crippen LogP contribution is 2.21. The molecule has 0 unspecified atom stereocenters. The summed E-state index contributed by atoms with van der Waals surface area (Å²) < 4.78 is 5.85. The van der Waals surface area contributed by atoms with Crippen LogP contribution >= 0.6 is 11.6 Å². The lowest BCUT2D eigenvalue weighted by molar-refractivity contribution is -0.143. The first-order valence-corrected chi connectivity index (χ1v) is 11.2. The highest BCUT2D eigenvalue weighted by Gasteiger charge is 2.29. The third-order valence-electron chi connectivity index (χ3n) is 5.56. The molecule has 0 spiro atoms. The van der Waals surface area contributed by atoms with Gasteiger partial charge in [0, 0.05) is 17.6 Å². The molecule has 1 N–H and O–H groups in total. The van der Waals surface area contributed by atoms with Gasteiger partial charge in [-0.05, 0) is 68.5 Å². The average Bonchev–Trinajstić information content (AvgIpc) is 2.75. The number of hydrogen-bond donors (Lipinski definition) is 1. The van der Waals surface area contributed by atoms with Crippen molar-refractivity contribution >= 4 is 23.4 Å². The molecule has 0 saturated heterocycles. The Morgan fingerprint density at radius 3 is 2.35 bits per heavy atom. The second kappa shape index (κ2) is 11.8. The van der Waals surface area contributed by atoms with Crippen LogP contribution in [0.5, 0.6) is 5.75 Å². The van der Waals surface area contributed by atoms with Crippen LogP contribution in [0.25, 0.3) is 0 Å². The molecule has 2 atom stereocenters. The standard InChI is InChI=1S/C25H33ClN2O3/c1-6-18(4)27-25(30)22(7-2)28(15-20-11-13-21(26)14-12-20)24(29)16-31-23-10-8-9-17(3)19(23)5/h8-14,18,22H,6-7,15-16H2,1-5H3,(H,27,30)/t18-,22-/m1/s1. The van der Waals surface area contributed by atoms with E-state index in [0.29, 0.717) is 23.7 Å². The lowest BCUT2D eigenvalue weighted by Crippen LogP contribution is -2.51. The molecule has 0 saturated carbocycles. The van der Waals surface area contributed by atoms with Crippen LogP contribution in [-0.4, -0.2) is 35.4 Å². The molecule has 0 radical (unpaired) electrons. The fourth-order valence-corrected chi connectivity index (χ4v) is 3.38. The minimum atomic E-state index is -0.584. The number of amides is 2. The Hall–Kier alpha value is -2.53. The third kappa shape index (κ3) is 7.00. The van der Waals surface area contributed by atoms with Crippen LogP contribution in [0.15, 0.2) is 42.5 Å². The minimum absolute atomic E-state index is 0.0419. The van der Waals surface area contributed by atoms with Crippen molar-refractivity contribution in [3.8, 4) is 5.75 Å². The van der Waals surface area contributed by atoms with Crippen molar-refractivity contribution in [1.82, 2.24) is 10.2 Å². The summed E-state index contributed by atoms with van der Waals surface area (Å²) in [5, 5.41) is 3.63. The van der Waals surface area contributed by atoms with Gasteiger partial charge in [-0.3, -0.25) is 9.59 Å². The molecule has 0 aliphatic rings. The van der Waals surface area contributed by atoms with E-state index >= 15 is 0 Å². The molecule has 0 aliphatic carbocycles. The molecule has 0 aromatic heterocycles. The van der Waals surface area contributed by atoms with Gasteiger partial charge in [-0.1, -0.05) is 49.7 Å². The van der Waals surface area contributed by atoms with Crippen molar-refractivity contribution in [1.29, 1.82) is 0 Å². The number of nitrogens with one attached hydrogen (secondary N) is 1. The zero-order valence-corrected chi connectivity index (χ0v) is 19.8. The monoisotopic (exact) mass is 444 g/mol. The Morgan fingerprint density at radius 2 is 1.74 bits per heavy atom. The summed E-state index contributed by atoms with van der Waals surface area (Å²) in [6.07, 6.45) is 1.33. The zero-order chi connectivity index (χ0) is 23.0. The second-order valence-electron chi connectivity index (χ2n) is 7.88. The zero-order valence-electron chi connectivity index (χ0n) is 19.1. The van der Waals surface area contributed by atoms with E-state index in [9.17, 15) is 9.59 Å². The number of nitrogens with zero attached hydrogens (tertiary/aromatic N) is 1. The predicted octanol–water partition coefficient (Wildman–Crippen LogP) is 5.06. The molecule has 2 aromatic rings. The van der Waals surface area contributed by atoms with Crippen molar-refractivity contribution in [3.63, 3.8) is 0 Å². The fourth-order valence-electron chi connectivity index (χ4n) is 3.25. The smallest absolute Gasteiger partial charge is 0.261 e. The van der Waals surface area contributed by atoms with E-state index in [1.807, 2.05) is 65.0 Å². The Bertz CT molecular complexity index is 883. The predicted molar refractivity (Wildman–Crippen MR) is 125 cm³/mol. The van der Waals surface area contributed by atoms with Crippen molar-refractivity contribution in [2.75, 3.05) is 6.61 Å². The molecule has 6 heteroatoms. The molecule has 5 nitrogen and oxygen atoms in total. The van der Waals surface area contributed by atoms with Gasteiger partial charge < -0.3 is 15.0 Å². The number of benzene rings is 2. The highest BCUT2D eigenvalue weighted by atomic mass is 35.5. The first-order chi connectivity index (χ1) is 14.8. The van der Waals surface area contributed by atoms with Crippen molar-refractivity contribution in [2.45, 2.75) is 66.1 Å². The Labute approximate surface area is 190 Å². The summed E-state index contributed by atoms with van der Waals surface area (Å²) in [7, 11) is 0. The summed E-state index contributed by atoms with van der Waals surface area (Å²) >= 11 is 6.00. The van der Waals surface area contributed by atoms with E-state index in [-0.39, 0.29) is 24.5 Å². The van der Waals surface area contributed by atoms with Gasteiger partial charge in [0.05, 0.1) is 0 Å². The van der Waals surface area contributed by atoms with Gasteiger partial charge in [-0.25, -0.2) is 0 Å². The van der Waals surface area contributed by atoms with E-state index in [1.54, 1.807) is 17.0 Å². The Morgan fingerprint density at radius 1 is 1.06 bits per heavy atom. The molecule has 0 bridgehead atoms. The maximum absolute atomic E-state index is 13.2. The lowest BCUT2D eigenvalue weighted by Gasteiger charge is -2.31. The van der Waals surface area contributed by atoms with Crippen LogP contribution < -0.4 is 10.1 Å². The Kier molecular flexibility index (Phi) is 9.38. The van der Waals surface area contributed by atoms with Crippen molar-refractivity contribution in [3.05, 3.63) is 64.2 Å². The quantitative estimate of drug-likeness (QED) is 0.557. The molecule has 2 rings (SSSR count). The molecular formula is C25H33ClN2O3. The van der Waals surface area contributed by atoms with Gasteiger partial charge in [0.2, 0.25) is 5.91 Å². The molecular weight excluding hydrogens is 412 g/mol. The summed E-state index contributed by atoms with van der Waals surface area (Å²) in [4.78, 5) is 27.8. The van der Waals surface area contributed by atoms with Gasteiger partial charge in [-0.15, -0.1) is 0 Å². The summed E-state index contributed by atoms with van der Waals surface area (Å²) in [6.45, 7) is 10.0. The molecule has 0 heterocycles. The van der Waals surface area contributed by atoms with Crippen molar-refractivity contribution < 1.29 is 14.3 Å². The maximum atomic E-state index is 13.2. The molecule has 168 valence electrons. The normalized spacial score (nSPS) is 12.7. The van der Waals surface area contributed by atoms with Gasteiger partial charge in [0.15, 0.2) is 6.61 Å². The van der Waals surface area contributed by atoms with Gasteiger partial charge in [-0.2, -0.15) is 0 Å². The largest absolute Gasteiger partial charge is 0.483 e. The second-order valence-corrected chi connectivity index (χ2v) is 8.31. The Balaban J connectivity index is 2.23. The molecule has 2 aromatic carbocycles. The van der Waals surface area contributed by atoms with Crippen LogP contribution in [-0.2, 0) is 16.1 Å².